The van der Waals surface area contributed by atoms with Crippen LogP contribution in [0.2, 0.25) is 0 Å². The lowest BCUT2D eigenvalue weighted by atomic mass is 9.72. The zero-order chi connectivity index (χ0) is 51.3. The number of aromatic nitrogens is 3. The fourth-order valence-corrected chi connectivity index (χ4v) is 14.6. The third kappa shape index (κ3) is 8.69. The summed E-state index contributed by atoms with van der Waals surface area (Å²) < 4.78 is 8.16. The van der Waals surface area contributed by atoms with Gasteiger partial charge in [-0.1, -0.05) is 31.2 Å². The maximum Gasteiger partial charge on any atom is 0.238 e. The highest BCUT2D eigenvalue weighted by Gasteiger charge is 2.57. The van der Waals surface area contributed by atoms with E-state index in [4.69, 9.17) is 14.7 Å². The number of imidazole rings is 1. The number of nitrogens with one attached hydrogen (secondary N) is 2. The van der Waals surface area contributed by atoms with Crippen molar-refractivity contribution < 1.29 is 28.7 Å². The summed E-state index contributed by atoms with van der Waals surface area (Å²) in [7, 11) is 0. The number of likely N-dealkylation sites (tertiary alicyclic amines) is 2. The van der Waals surface area contributed by atoms with Gasteiger partial charge in [-0.2, -0.15) is 0 Å². The number of ether oxygens (including phenoxy) is 1. The van der Waals surface area contributed by atoms with E-state index in [1.54, 1.807) is 0 Å². The van der Waals surface area contributed by atoms with Gasteiger partial charge in [0.15, 0.2) is 5.82 Å². The first kappa shape index (κ1) is 48.8. The van der Waals surface area contributed by atoms with E-state index in [0.717, 1.165) is 115 Å². The highest BCUT2D eigenvalue weighted by Crippen LogP contribution is 2.53. The summed E-state index contributed by atoms with van der Waals surface area (Å²) in [4.78, 5) is 89.3. The zero-order valence-corrected chi connectivity index (χ0v) is 44.1. The van der Waals surface area contributed by atoms with Crippen LogP contribution in [-0.2, 0) is 34.1 Å². The molecule has 16 nitrogen and oxygen atoms in total. The molecular formula is C59H74N10O6. The van der Waals surface area contributed by atoms with Crippen LogP contribution < -0.4 is 20.4 Å². The van der Waals surface area contributed by atoms with Crippen LogP contribution in [0.25, 0.3) is 22.3 Å². The molecule has 7 aliphatic heterocycles. The standard InChI is InChI=1S/C59H74N10O6/c1-36(2)67-35-60-49-32-48(62-54(53(49)67)61-40-7-8-40)39-6-14-47-50(29-39)69(45-30-44(31-45)68-42-11-12-43(68)34-75-33-42)57(74)59(47)20-26-66(27-21-59)56(73)58(3)18-24-65(25-19-58)52(71)28-37-16-22-64(23-17-37)41-9-4-38(5-10-41)46-13-15-51(70)63-55(46)72/h4-6,9-10,14,29,32,35-37,40,42-46H,7-8,11-13,15-28,30-31,33-34H2,1-3H3,(H,61,62)(H,63,70,72). The van der Waals surface area contributed by atoms with Crippen molar-refractivity contribution in [2.45, 2.75) is 165 Å². The molecule has 13 rings (SSSR count). The van der Waals surface area contributed by atoms with E-state index in [1.165, 1.54) is 12.8 Å². The fraction of sp³-hybridized carbons (Fsp3) is 0.610. The smallest absolute Gasteiger partial charge is 0.238 e. The van der Waals surface area contributed by atoms with E-state index in [-0.39, 0.29) is 47.5 Å². The summed E-state index contributed by atoms with van der Waals surface area (Å²) >= 11 is 0. The number of amides is 5. The Hall–Kier alpha value is -5.87. The van der Waals surface area contributed by atoms with Crippen molar-refractivity contribution in [1.82, 2.24) is 34.6 Å². The number of hydrogen-bond donors (Lipinski definition) is 2. The van der Waals surface area contributed by atoms with E-state index < -0.39 is 10.8 Å². The number of fused-ring (bicyclic) bond motifs is 5. The molecular weight excluding hydrogens is 945 g/mol. The van der Waals surface area contributed by atoms with Crippen LogP contribution in [-0.4, -0.2) is 141 Å². The largest absolute Gasteiger partial charge is 0.378 e. The lowest BCUT2D eigenvalue weighted by Gasteiger charge is -2.50. The Kier molecular flexibility index (Phi) is 12.3. The highest BCUT2D eigenvalue weighted by atomic mass is 16.5. The lowest BCUT2D eigenvalue weighted by molar-refractivity contribution is -0.149. The maximum atomic E-state index is 15.4. The first-order valence-corrected chi connectivity index (χ1v) is 28.6. The number of carbonyl (C=O) groups excluding carboxylic acids is 5. The van der Waals surface area contributed by atoms with Crippen molar-refractivity contribution in [2.24, 2.45) is 11.3 Å². The quantitative estimate of drug-likeness (QED) is 0.145. The van der Waals surface area contributed by atoms with Gasteiger partial charge in [0.05, 0.1) is 42.1 Å². The van der Waals surface area contributed by atoms with Crippen molar-refractivity contribution in [3.05, 3.63) is 66.0 Å². The predicted octanol–water partition coefficient (Wildman–Crippen LogP) is 7.31. The number of rotatable bonds is 11. The average molecular weight is 1020 g/mol. The highest BCUT2D eigenvalue weighted by molar-refractivity contribution is 6.09. The van der Waals surface area contributed by atoms with Crippen molar-refractivity contribution in [3.63, 3.8) is 0 Å². The number of piperidine rings is 4. The Morgan fingerprint density at radius 2 is 1.51 bits per heavy atom. The molecule has 16 heteroatoms. The molecule has 5 amide bonds. The first-order chi connectivity index (χ1) is 36.3. The molecule has 6 saturated heterocycles. The lowest BCUT2D eigenvalue weighted by Crippen LogP contribution is -2.62. The van der Waals surface area contributed by atoms with Gasteiger partial charge in [-0.05, 0) is 139 Å². The third-order valence-corrected chi connectivity index (χ3v) is 19.5. The monoisotopic (exact) mass is 1020 g/mol. The molecule has 2 aromatic carbocycles. The van der Waals surface area contributed by atoms with Gasteiger partial charge >= 0.3 is 0 Å². The number of hydrogen-bond acceptors (Lipinski definition) is 11. The number of imide groups is 1. The normalized spacial score (nSPS) is 27.8. The van der Waals surface area contributed by atoms with Crippen LogP contribution >= 0.6 is 0 Å². The SMILES string of the molecule is CC(C)n1cnc2cc(-c3ccc4c(c3)N(C3CC(N5C6CCC5COC6)C3)C(=O)C43CCN(C(=O)C4(C)CCN(C(=O)CC5CCN(c6ccc(C7CCC(=O)NC7=O)cc6)CC5)CC4)CC3)nc(NC3CC3)c21. The number of carbonyl (C=O) groups is 5. The summed E-state index contributed by atoms with van der Waals surface area (Å²) in [6, 6.07) is 19.0. The van der Waals surface area contributed by atoms with Crippen LogP contribution in [0, 0.1) is 11.3 Å². The van der Waals surface area contributed by atoms with Crippen LogP contribution in [0.4, 0.5) is 17.2 Å². The van der Waals surface area contributed by atoms with Gasteiger partial charge in [-0.15, -0.1) is 0 Å². The number of pyridine rings is 1. The molecule has 75 heavy (non-hydrogen) atoms. The minimum absolute atomic E-state index is 0.111. The van der Waals surface area contributed by atoms with E-state index in [2.05, 4.69) is 87.1 Å². The van der Waals surface area contributed by atoms with E-state index in [1.807, 2.05) is 28.3 Å². The summed E-state index contributed by atoms with van der Waals surface area (Å²) in [5, 5.41) is 6.17. The molecule has 2 bridgehead atoms. The third-order valence-electron chi connectivity index (χ3n) is 19.5. The number of benzene rings is 2. The van der Waals surface area contributed by atoms with E-state index in [0.29, 0.717) is 101 Å². The molecule has 2 aromatic heterocycles. The van der Waals surface area contributed by atoms with Gasteiger partial charge in [-0.25, -0.2) is 9.97 Å². The van der Waals surface area contributed by atoms with Gasteiger partial charge in [0.1, 0.15) is 5.52 Å². The maximum absolute atomic E-state index is 15.4. The number of morpholine rings is 1. The number of nitrogens with zero attached hydrogens (tertiary/aromatic N) is 8. The molecule has 396 valence electrons. The zero-order valence-electron chi connectivity index (χ0n) is 44.1. The van der Waals surface area contributed by atoms with Crippen molar-refractivity contribution in [2.75, 3.05) is 67.6 Å². The molecule has 4 aromatic rings. The van der Waals surface area contributed by atoms with Gasteiger partial charge < -0.3 is 34.2 Å². The van der Waals surface area contributed by atoms with Gasteiger partial charge in [0.2, 0.25) is 29.5 Å². The molecule has 3 unspecified atom stereocenters. The first-order valence-electron chi connectivity index (χ1n) is 28.6. The van der Waals surface area contributed by atoms with Crippen LogP contribution in [0.5, 0.6) is 0 Å². The Bertz CT molecular complexity index is 2890. The molecule has 0 radical (unpaired) electrons. The molecule has 9 heterocycles. The van der Waals surface area contributed by atoms with E-state index >= 15 is 4.79 Å². The van der Waals surface area contributed by atoms with Crippen LogP contribution in [0.15, 0.2) is 54.9 Å². The van der Waals surface area contributed by atoms with E-state index in [9.17, 15) is 19.2 Å². The molecule has 3 atom stereocenters. The van der Waals surface area contributed by atoms with Crippen molar-refractivity contribution in [3.8, 4) is 11.3 Å². The van der Waals surface area contributed by atoms with Crippen molar-refractivity contribution in [1.29, 1.82) is 0 Å². The topological polar surface area (TPSA) is 166 Å². The van der Waals surface area contributed by atoms with Gasteiger partial charge in [0, 0.05) is 111 Å². The second-order valence-corrected chi connectivity index (χ2v) is 24.5. The summed E-state index contributed by atoms with van der Waals surface area (Å²) in [6.45, 7) is 12.0. The Morgan fingerprint density at radius 3 is 2.19 bits per heavy atom. The Labute approximate surface area is 440 Å². The minimum atomic E-state index is -0.699. The Balaban J connectivity index is 0.661. The molecule has 8 fully saturated rings. The minimum Gasteiger partial charge on any atom is -0.378 e. The summed E-state index contributed by atoms with van der Waals surface area (Å²) in [6.07, 6.45) is 14.2. The average Bonchev–Trinajstić information content (AvgIpc) is 4.03. The van der Waals surface area contributed by atoms with Gasteiger partial charge in [0.25, 0.3) is 0 Å². The number of anilines is 3. The van der Waals surface area contributed by atoms with Crippen molar-refractivity contribution >= 4 is 57.8 Å². The van der Waals surface area contributed by atoms with Gasteiger partial charge in [-0.3, -0.25) is 34.2 Å². The fourth-order valence-electron chi connectivity index (χ4n) is 14.6. The van der Waals surface area contributed by atoms with Crippen LogP contribution in [0.3, 0.4) is 0 Å². The summed E-state index contributed by atoms with van der Waals surface area (Å²) in [5.74, 6) is 0.996. The molecule has 1 spiro atoms. The second kappa shape index (κ2) is 19.0. The summed E-state index contributed by atoms with van der Waals surface area (Å²) in [5.41, 5.74) is 6.65. The van der Waals surface area contributed by atoms with Crippen LogP contribution in [0.1, 0.15) is 140 Å². The molecule has 2 saturated carbocycles. The molecule has 2 aliphatic carbocycles. The molecule has 2 N–H and O–H groups in total. The predicted molar refractivity (Wildman–Crippen MR) is 286 cm³/mol. The second-order valence-electron chi connectivity index (χ2n) is 24.5. The molecule has 9 aliphatic rings. The Morgan fingerprint density at radius 1 is 0.800 bits per heavy atom.